The number of likely N-dealkylation sites (tertiary alicyclic amines) is 1. The largest absolute Gasteiger partial charge is 0.478 e. The van der Waals surface area contributed by atoms with Crippen LogP contribution in [0.5, 0.6) is 5.75 Å². The summed E-state index contributed by atoms with van der Waals surface area (Å²) >= 11 is 0. The Morgan fingerprint density at radius 1 is 1.55 bits per heavy atom. The fourth-order valence-electron chi connectivity index (χ4n) is 2.49. The number of hydrogen-bond donors (Lipinski definition) is 1. The van der Waals surface area contributed by atoms with Crippen molar-refractivity contribution in [1.82, 2.24) is 4.90 Å². The summed E-state index contributed by atoms with van der Waals surface area (Å²) in [5.41, 5.74) is 0. The molecule has 1 N–H and O–H groups in total. The second kappa shape index (κ2) is 6.70. The first-order chi connectivity index (χ1) is 9.61. The maximum absolute atomic E-state index is 13.5. The van der Waals surface area contributed by atoms with E-state index in [-0.39, 0.29) is 18.3 Å². The first kappa shape index (κ1) is 14.8. The number of carbonyl (C=O) groups excluding carboxylic acids is 1. The van der Waals surface area contributed by atoms with Gasteiger partial charge < -0.3 is 14.7 Å². The molecular weight excluding hydrogens is 261 g/mol. The molecule has 1 heterocycles. The summed E-state index contributed by atoms with van der Waals surface area (Å²) in [4.78, 5) is 14.0. The molecule has 2 unspecified atom stereocenters. The molecule has 2 rings (SSSR count). The van der Waals surface area contributed by atoms with Crippen molar-refractivity contribution < 1.29 is 19.0 Å². The molecule has 1 aromatic carbocycles. The van der Waals surface area contributed by atoms with E-state index in [4.69, 9.17) is 9.84 Å². The molecule has 1 aliphatic rings. The van der Waals surface area contributed by atoms with Gasteiger partial charge >= 0.3 is 0 Å². The second-order valence-corrected chi connectivity index (χ2v) is 5.14. The van der Waals surface area contributed by atoms with Gasteiger partial charge in [-0.3, -0.25) is 4.79 Å². The lowest BCUT2D eigenvalue weighted by molar-refractivity contribution is -0.137. The van der Waals surface area contributed by atoms with Crippen LogP contribution in [0, 0.1) is 11.7 Å². The van der Waals surface area contributed by atoms with Gasteiger partial charge in [-0.05, 0) is 37.8 Å². The number of rotatable bonds is 5. The molecule has 0 bridgehead atoms. The predicted molar refractivity (Wildman–Crippen MR) is 72.9 cm³/mol. The monoisotopic (exact) mass is 281 g/mol. The Morgan fingerprint density at radius 2 is 2.30 bits per heavy atom. The first-order valence-electron chi connectivity index (χ1n) is 6.92. The second-order valence-electron chi connectivity index (χ2n) is 5.14. The minimum absolute atomic E-state index is 0.0967. The van der Waals surface area contributed by atoms with Crippen molar-refractivity contribution in [1.29, 1.82) is 0 Å². The van der Waals surface area contributed by atoms with Gasteiger partial charge in [0.2, 0.25) is 0 Å². The lowest BCUT2D eigenvalue weighted by Crippen LogP contribution is -2.39. The molecule has 0 spiro atoms. The Morgan fingerprint density at radius 3 is 3.00 bits per heavy atom. The highest BCUT2D eigenvalue weighted by Gasteiger charge is 2.29. The number of halogens is 1. The number of nitrogens with zero attached hydrogens (tertiary/aromatic N) is 1. The van der Waals surface area contributed by atoms with Crippen LogP contribution < -0.4 is 4.74 Å². The molecule has 1 amide bonds. The predicted octanol–water partition coefficient (Wildman–Crippen LogP) is 1.82. The van der Waals surface area contributed by atoms with Crippen molar-refractivity contribution in [2.24, 2.45) is 5.92 Å². The van der Waals surface area contributed by atoms with Gasteiger partial charge in [0.05, 0.1) is 0 Å². The minimum Gasteiger partial charge on any atom is -0.478 e. The van der Waals surface area contributed by atoms with Gasteiger partial charge in [0.15, 0.2) is 17.7 Å². The van der Waals surface area contributed by atoms with Crippen LogP contribution in [0.3, 0.4) is 0 Å². The zero-order valence-electron chi connectivity index (χ0n) is 11.6. The maximum Gasteiger partial charge on any atom is 0.263 e. The van der Waals surface area contributed by atoms with Gasteiger partial charge in [-0.15, -0.1) is 0 Å². The van der Waals surface area contributed by atoms with Crippen molar-refractivity contribution in [2.45, 2.75) is 25.9 Å². The van der Waals surface area contributed by atoms with Gasteiger partial charge in [-0.1, -0.05) is 12.1 Å². The SMILES string of the molecule is CC(Oc1ccccc1F)C(=O)N1CCC(CCO)C1. The first-order valence-corrected chi connectivity index (χ1v) is 6.92. The molecule has 4 nitrogen and oxygen atoms in total. The summed E-state index contributed by atoms with van der Waals surface area (Å²) < 4.78 is 18.9. The van der Waals surface area contributed by atoms with Crippen LogP contribution in [0.1, 0.15) is 19.8 Å². The Hall–Kier alpha value is -1.62. The van der Waals surface area contributed by atoms with Crippen LogP contribution >= 0.6 is 0 Å². The summed E-state index contributed by atoms with van der Waals surface area (Å²) in [5.74, 6) is -0.149. The molecular formula is C15H20FNO3. The quantitative estimate of drug-likeness (QED) is 0.895. The van der Waals surface area contributed by atoms with Crippen LogP contribution in [0.25, 0.3) is 0 Å². The highest BCUT2D eigenvalue weighted by Crippen LogP contribution is 2.22. The lowest BCUT2D eigenvalue weighted by atomic mass is 10.1. The fourth-order valence-corrected chi connectivity index (χ4v) is 2.49. The van der Waals surface area contributed by atoms with Gasteiger partial charge in [-0.2, -0.15) is 0 Å². The van der Waals surface area contributed by atoms with Crippen molar-refractivity contribution in [3.05, 3.63) is 30.1 Å². The normalized spacial score (nSPS) is 19.9. The molecule has 1 fully saturated rings. The highest BCUT2D eigenvalue weighted by molar-refractivity contribution is 5.81. The average molecular weight is 281 g/mol. The number of aliphatic hydroxyl groups is 1. The summed E-state index contributed by atoms with van der Waals surface area (Å²) in [6.07, 6.45) is 0.908. The van der Waals surface area contributed by atoms with E-state index in [1.807, 2.05) is 0 Å². The smallest absolute Gasteiger partial charge is 0.263 e. The number of para-hydroxylation sites is 1. The molecule has 0 aliphatic carbocycles. The lowest BCUT2D eigenvalue weighted by Gasteiger charge is -2.22. The van der Waals surface area contributed by atoms with E-state index in [1.54, 1.807) is 24.0 Å². The van der Waals surface area contributed by atoms with Crippen LogP contribution in [-0.4, -0.2) is 41.7 Å². The molecule has 1 aromatic rings. The number of ether oxygens (including phenoxy) is 1. The third-order valence-electron chi connectivity index (χ3n) is 3.62. The molecule has 20 heavy (non-hydrogen) atoms. The zero-order chi connectivity index (χ0) is 14.5. The maximum atomic E-state index is 13.5. The molecule has 2 atom stereocenters. The molecule has 0 aromatic heterocycles. The molecule has 1 saturated heterocycles. The van der Waals surface area contributed by atoms with Crippen LogP contribution in [0.2, 0.25) is 0 Å². The topological polar surface area (TPSA) is 49.8 Å². The van der Waals surface area contributed by atoms with Crippen molar-refractivity contribution in [3.8, 4) is 5.75 Å². The summed E-state index contributed by atoms with van der Waals surface area (Å²) in [6, 6.07) is 6.06. The number of benzene rings is 1. The van der Waals surface area contributed by atoms with Gasteiger partial charge in [-0.25, -0.2) is 4.39 Å². The highest BCUT2D eigenvalue weighted by atomic mass is 19.1. The third kappa shape index (κ3) is 3.48. The third-order valence-corrected chi connectivity index (χ3v) is 3.62. The van der Waals surface area contributed by atoms with Crippen LogP contribution in [-0.2, 0) is 4.79 Å². The number of carbonyl (C=O) groups is 1. The van der Waals surface area contributed by atoms with Gasteiger partial charge in [0.25, 0.3) is 5.91 Å². The van der Waals surface area contributed by atoms with E-state index in [0.29, 0.717) is 25.4 Å². The summed E-state index contributed by atoms with van der Waals surface area (Å²) in [5, 5.41) is 8.92. The van der Waals surface area contributed by atoms with E-state index < -0.39 is 11.9 Å². The summed E-state index contributed by atoms with van der Waals surface area (Å²) in [6.45, 7) is 3.10. The molecule has 0 saturated carbocycles. The van der Waals surface area contributed by atoms with E-state index >= 15 is 0 Å². The Balaban J connectivity index is 1.91. The van der Waals surface area contributed by atoms with Crippen molar-refractivity contribution >= 4 is 5.91 Å². The van der Waals surface area contributed by atoms with E-state index in [2.05, 4.69) is 0 Å². The average Bonchev–Trinajstić information content (AvgIpc) is 2.89. The Bertz CT molecular complexity index is 466. The van der Waals surface area contributed by atoms with Crippen LogP contribution in [0.4, 0.5) is 4.39 Å². The molecule has 5 heteroatoms. The van der Waals surface area contributed by atoms with Crippen LogP contribution in [0.15, 0.2) is 24.3 Å². The molecule has 0 radical (unpaired) electrons. The molecule has 1 aliphatic heterocycles. The zero-order valence-corrected chi connectivity index (χ0v) is 11.6. The van der Waals surface area contributed by atoms with E-state index in [0.717, 1.165) is 6.42 Å². The fraction of sp³-hybridized carbons (Fsp3) is 0.533. The summed E-state index contributed by atoms with van der Waals surface area (Å²) in [7, 11) is 0. The van der Waals surface area contributed by atoms with E-state index in [1.165, 1.54) is 12.1 Å². The van der Waals surface area contributed by atoms with E-state index in [9.17, 15) is 9.18 Å². The van der Waals surface area contributed by atoms with Crippen molar-refractivity contribution in [2.75, 3.05) is 19.7 Å². The minimum atomic E-state index is -0.709. The number of hydrogen-bond acceptors (Lipinski definition) is 3. The molecule has 110 valence electrons. The number of amides is 1. The standard InChI is InChI=1S/C15H20FNO3/c1-11(20-14-5-3-2-4-13(14)16)15(19)17-8-6-12(10-17)7-9-18/h2-5,11-12,18H,6-10H2,1H3. The van der Waals surface area contributed by atoms with Gasteiger partial charge in [0.1, 0.15) is 0 Å². The Labute approximate surface area is 118 Å². The number of aliphatic hydroxyl groups excluding tert-OH is 1. The van der Waals surface area contributed by atoms with Gasteiger partial charge in [0, 0.05) is 19.7 Å². The Kier molecular flexibility index (Phi) is 4.95. The van der Waals surface area contributed by atoms with Crippen molar-refractivity contribution in [3.63, 3.8) is 0 Å².